The lowest BCUT2D eigenvalue weighted by atomic mass is 10.1. The van der Waals surface area contributed by atoms with Gasteiger partial charge in [0.2, 0.25) is 0 Å². The van der Waals surface area contributed by atoms with Gasteiger partial charge in [-0.1, -0.05) is 5.92 Å². The van der Waals surface area contributed by atoms with Crippen LogP contribution in [0.2, 0.25) is 0 Å². The Hall–Kier alpha value is -1.89. The van der Waals surface area contributed by atoms with Crippen molar-refractivity contribution < 1.29 is 13.6 Å². The Balaban J connectivity index is 2.25. The van der Waals surface area contributed by atoms with Crippen molar-refractivity contribution in [2.75, 3.05) is 6.54 Å². The topological polar surface area (TPSA) is 20.3 Å². The molecule has 0 aromatic heterocycles. The molecule has 0 N–H and O–H groups in total. The molecule has 88 valence electrons. The number of amides is 1. The van der Waals surface area contributed by atoms with Crippen LogP contribution < -0.4 is 0 Å². The van der Waals surface area contributed by atoms with E-state index in [4.69, 9.17) is 6.42 Å². The van der Waals surface area contributed by atoms with E-state index in [2.05, 4.69) is 5.92 Å². The minimum absolute atomic E-state index is 0.131. The van der Waals surface area contributed by atoms with Gasteiger partial charge in [0.15, 0.2) is 11.6 Å². The van der Waals surface area contributed by atoms with Gasteiger partial charge < -0.3 is 4.90 Å². The van der Waals surface area contributed by atoms with Crippen molar-refractivity contribution in [2.45, 2.75) is 18.9 Å². The molecule has 1 atom stereocenters. The number of terminal acetylenes is 1. The van der Waals surface area contributed by atoms with Gasteiger partial charge in [0.05, 0.1) is 6.04 Å². The van der Waals surface area contributed by atoms with Crippen LogP contribution in [-0.2, 0) is 0 Å². The van der Waals surface area contributed by atoms with Crippen LogP contribution in [0.25, 0.3) is 0 Å². The van der Waals surface area contributed by atoms with Crippen LogP contribution in [0.1, 0.15) is 23.2 Å². The Morgan fingerprint density at radius 1 is 1.41 bits per heavy atom. The van der Waals surface area contributed by atoms with Crippen molar-refractivity contribution in [1.82, 2.24) is 4.90 Å². The van der Waals surface area contributed by atoms with E-state index in [1.54, 1.807) is 0 Å². The average Bonchev–Trinajstić information content (AvgIpc) is 2.80. The van der Waals surface area contributed by atoms with Gasteiger partial charge >= 0.3 is 0 Å². The highest BCUT2D eigenvalue weighted by Gasteiger charge is 2.28. The fourth-order valence-electron chi connectivity index (χ4n) is 1.98. The molecule has 4 heteroatoms. The van der Waals surface area contributed by atoms with E-state index in [-0.39, 0.29) is 17.5 Å². The molecule has 1 saturated heterocycles. The third-order valence-electron chi connectivity index (χ3n) is 2.87. The molecular formula is C13H11F2NO. The number of likely N-dealkylation sites (tertiary alicyclic amines) is 1. The Morgan fingerprint density at radius 3 is 2.82 bits per heavy atom. The van der Waals surface area contributed by atoms with Gasteiger partial charge in [0.1, 0.15) is 0 Å². The maximum absolute atomic E-state index is 13.0. The van der Waals surface area contributed by atoms with Gasteiger partial charge in [-0.25, -0.2) is 8.78 Å². The summed E-state index contributed by atoms with van der Waals surface area (Å²) in [5.41, 5.74) is 0.131. The molecule has 17 heavy (non-hydrogen) atoms. The van der Waals surface area contributed by atoms with Gasteiger partial charge in [-0.15, -0.1) is 6.42 Å². The van der Waals surface area contributed by atoms with Crippen molar-refractivity contribution in [3.8, 4) is 12.3 Å². The zero-order chi connectivity index (χ0) is 12.4. The number of carbonyl (C=O) groups excluding carboxylic acids is 1. The Morgan fingerprint density at radius 2 is 2.18 bits per heavy atom. The van der Waals surface area contributed by atoms with Crippen LogP contribution >= 0.6 is 0 Å². The van der Waals surface area contributed by atoms with Crippen molar-refractivity contribution in [1.29, 1.82) is 0 Å². The summed E-state index contributed by atoms with van der Waals surface area (Å²) in [7, 11) is 0. The van der Waals surface area contributed by atoms with E-state index in [1.165, 1.54) is 11.0 Å². The first kappa shape index (κ1) is 11.6. The predicted molar refractivity (Wildman–Crippen MR) is 59.2 cm³/mol. The molecule has 1 aliphatic rings. The lowest BCUT2D eigenvalue weighted by molar-refractivity contribution is 0.0765. The van der Waals surface area contributed by atoms with E-state index < -0.39 is 11.6 Å². The standard InChI is InChI=1S/C13H11F2NO/c1-2-10-4-3-7-16(10)13(17)9-5-6-11(14)12(15)8-9/h1,5-6,8,10H,3-4,7H2/t10-/m1/s1. The van der Waals surface area contributed by atoms with Gasteiger partial charge in [0, 0.05) is 12.1 Å². The van der Waals surface area contributed by atoms with Gasteiger partial charge in [-0.05, 0) is 31.0 Å². The molecule has 1 amide bonds. The first-order valence-electron chi connectivity index (χ1n) is 5.35. The molecule has 2 rings (SSSR count). The van der Waals surface area contributed by atoms with Crippen molar-refractivity contribution in [2.24, 2.45) is 0 Å². The highest BCUT2D eigenvalue weighted by Crippen LogP contribution is 2.20. The van der Waals surface area contributed by atoms with Crippen LogP contribution in [0.3, 0.4) is 0 Å². The minimum atomic E-state index is -1.02. The molecule has 0 bridgehead atoms. The van der Waals surface area contributed by atoms with E-state index in [9.17, 15) is 13.6 Å². The number of halogens is 2. The molecule has 0 spiro atoms. The van der Waals surface area contributed by atoms with Gasteiger partial charge in [-0.2, -0.15) is 0 Å². The summed E-state index contributed by atoms with van der Waals surface area (Å²) in [5.74, 6) is 0.202. The van der Waals surface area contributed by atoms with E-state index in [1.807, 2.05) is 0 Å². The number of hydrogen-bond donors (Lipinski definition) is 0. The number of benzene rings is 1. The molecule has 1 aromatic carbocycles. The van der Waals surface area contributed by atoms with Crippen LogP contribution in [0, 0.1) is 24.0 Å². The maximum atomic E-state index is 13.0. The van der Waals surface area contributed by atoms with E-state index in [0.717, 1.165) is 25.0 Å². The largest absolute Gasteiger partial charge is 0.325 e. The number of carbonyl (C=O) groups is 1. The summed E-state index contributed by atoms with van der Waals surface area (Å²) in [4.78, 5) is 13.5. The molecule has 0 aliphatic carbocycles. The molecule has 2 nitrogen and oxygen atoms in total. The molecule has 0 unspecified atom stereocenters. The second-order valence-electron chi connectivity index (χ2n) is 3.95. The van der Waals surface area contributed by atoms with Crippen LogP contribution in [0.4, 0.5) is 8.78 Å². The molecular weight excluding hydrogens is 224 g/mol. The van der Waals surface area contributed by atoms with Crippen molar-refractivity contribution in [3.63, 3.8) is 0 Å². The second kappa shape index (κ2) is 4.54. The third kappa shape index (κ3) is 2.14. The summed E-state index contributed by atoms with van der Waals surface area (Å²) in [6.07, 6.45) is 6.91. The van der Waals surface area contributed by atoms with Crippen LogP contribution in [0.15, 0.2) is 18.2 Å². The zero-order valence-electron chi connectivity index (χ0n) is 9.12. The van der Waals surface area contributed by atoms with Crippen LogP contribution in [-0.4, -0.2) is 23.4 Å². The predicted octanol–water partition coefficient (Wildman–Crippen LogP) is 2.20. The average molecular weight is 235 g/mol. The SMILES string of the molecule is C#C[C@@H]1CCCN1C(=O)c1ccc(F)c(F)c1. The molecule has 1 fully saturated rings. The van der Waals surface area contributed by atoms with Gasteiger partial charge in [-0.3, -0.25) is 4.79 Å². The summed E-state index contributed by atoms with van der Waals surface area (Å²) >= 11 is 0. The highest BCUT2D eigenvalue weighted by atomic mass is 19.2. The highest BCUT2D eigenvalue weighted by molar-refractivity contribution is 5.94. The second-order valence-corrected chi connectivity index (χ2v) is 3.95. The lowest BCUT2D eigenvalue weighted by Gasteiger charge is -2.20. The van der Waals surface area contributed by atoms with Gasteiger partial charge in [0.25, 0.3) is 5.91 Å². The fourth-order valence-corrected chi connectivity index (χ4v) is 1.98. The Labute approximate surface area is 98.2 Å². The monoisotopic (exact) mass is 235 g/mol. The molecule has 0 radical (unpaired) electrons. The fraction of sp³-hybridized carbons (Fsp3) is 0.308. The molecule has 1 heterocycles. The first-order valence-corrected chi connectivity index (χ1v) is 5.35. The smallest absolute Gasteiger partial charge is 0.254 e. The van der Waals surface area contributed by atoms with Crippen molar-refractivity contribution in [3.05, 3.63) is 35.4 Å². The zero-order valence-corrected chi connectivity index (χ0v) is 9.12. The number of hydrogen-bond acceptors (Lipinski definition) is 1. The minimum Gasteiger partial charge on any atom is -0.325 e. The summed E-state index contributed by atoms with van der Waals surface area (Å²) in [5, 5.41) is 0. The molecule has 1 aliphatic heterocycles. The molecule has 1 aromatic rings. The van der Waals surface area contributed by atoms with Crippen molar-refractivity contribution >= 4 is 5.91 Å². The number of nitrogens with zero attached hydrogens (tertiary/aromatic N) is 1. The molecule has 0 saturated carbocycles. The maximum Gasteiger partial charge on any atom is 0.254 e. The normalized spacial score (nSPS) is 19.1. The van der Waals surface area contributed by atoms with E-state index in [0.29, 0.717) is 6.54 Å². The van der Waals surface area contributed by atoms with E-state index >= 15 is 0 Å². The summed E-state index contributed by atoms with van der Waals surface area (Å²) < 4.78 is 25.8. The number of rotatable bonds is 1. The lowest BCUT2D eigenvalue weighted by Crippen LogP contribution is -2.34. The summed E-state index contributed by atoms with van der Waals surface area (Å²) in [6.45, 7) is 0.562. The third-order valence-corrected chi connectivity index (χ3v) is 2.87. The Kier molecular flexibility index (Phi) is 3.10. The van der Waals surface area contributed by atoms with Crippen LogP contribution in [0.5, 0.6) is 0 Å². The first-order chi connectivity index (χ1) is 8.13. The Bertz CT molecular complexity index is 493. The quantitative estimate of drug-likeness (QED) is 0.683. The summed E-state index contributed by atoms with van der Waals surface area (Å²) in [6, 6.07) is 2.88.